The number of hydrogen-bond acceptors (Lipinski definition) is 6. The third kappa shape index (κ3) is 5.44. The van der Waals surface area contributed by atoms with Gasteiger partial charge in [0.1, 0.15) is 0 Å². The van der Waals surface area contributed by atoms with Gasteiger partial charge in [0.2, 0.25) is 5.95 Å². The van der Waals surface area contributed by atoms with Crippen molar-refractivity contribution in [1.29, 1.82) is 0 Å². The first-order valence-corrected chi connectivity index (χ1v) is 5.96. The molecule has 96 valence electrons. The Hall–Kier alpha value is -1.43. The van der Waals surface area contributed by atoms with E-state index in [1.165, 1.54) is 0 Å². The first-order chi connectivity index (χ1) is 8.11. The highest BCUT2D eigenvalue weighted by atomic mass is 15.3. The van der Waals surface area contributed by atoms with Gasteiger partial charge in [-0.2, -0.15) is 10.1 Å². The van der Waals surface area contributed by atoms with E-state index in [1.54, 1.807) is 6.20 Å². The second-order valence-corrected chi connectivity index (χ2v) is 4.35. The molecule has 17 heavy (non-hydrogen) atoms. The normalized spacial score (nSPS) is 12.5. The Balaban J connectivity index is 2.48. The molecule has 0 aliphatic carbocycles. The van der Waals surface area contributed by atoms with Gasteiger partial charge in [-0.15, -0.1) is 5.10 Å². The average molecular weight is 238 g/mol. The zero-order chi connectivity index (χ0) is 12.7. The maximum absolute atomic E-state index is 4.34. The fraction of sp³-hybridized carbons (Fsp3) is 0.727. The molecule has 1 atom stereocenters. The van der Waals surface area contributed by atoms with Crippen LogP contribution in [0.15, 0.2) is 6.20 Å². The molecule has 6 nitrogen and oxygen atoms in total. The summed E-state index contributed by atoms with van der Waals surface area (Å²) in [5.41, 5.74) is 0. The lowest BCUT2D eigenvalue weighted by Gasteiger charge is -2.13. The lowest BCUT2D eigenvalue weighted by molar-refractivity contribution is 0.425. The minimum absolute atomic E-state index is 0.355. The molecule has 0 aliphatic heterocycles. The summed E-state index contributed by atoms with van der Waals surface area (Å²) in [5, 5.41) is 14.3. The van der Waals surface area contributed by atoms with E-state index in [0.717, 1.165) is 25.3 Å². The molecule has 6 heteroatoms. The molecule has 0 aliphatic rings. The molecule has 0 fully saturated rings. The predicted octanol–water partition coefficient (Wildman–Crippen LogP) is 1.06. The lowest BCUT2D eigenvalue weighted by atomic mass is 10.3. The van der Waals surface area contributed by atoms with Crippen LogP contribution in [0.3, 0.4) is 0 Å². The smallest absolute Gasteiger partial charge is 0.244 e. The fourth-order valence-corrected chi connectivity index (χ4v) is 1.18. The van der Waals surface area contributed by atoms with Gasteiger partial charge in [-0.25, -0.2) is 0 Å². The van der Waals surface area contributed by atoms with Crippen molar-refractivity contribution >= 4 is 11.8 Å². The summed E-state index contributed by atoms with van der Waals surface area (Å²) in [6.07, 6.45) is 2.67. The molecule has 1 aromatic rings. The summed E-state index contributed by atoms with van der Waals surface area (Å²) in [6, 6.07) is 0.355. The maximum atomic E-state index is 4.34. The molecule has 0 spiro atoms. The topological polar surface area (TPSA) is 66.0 Å². The molecular weight excluding hydrogens is 216 g/mol. The van der Waals surface area contributed by atoms with Crippen molar-refractivity contribution in [3.05, 3.63) is 6.20 Å². The van der Waals surface area contributed by atoms with Crippen molar-refractivity contribution in [1.82, 2.24) is 20.1 Å². The van der Waals surface area contributed by atoms with Crippen molar-refractivity contribution in [2.24, 2.45) is 0 Å². The summed E-state index contributed by atoms with van der Waals surface area (Å²) in [7, 11) is 4.08. The third-order valence-corrected chi connectivity index (χ3v) is 2.41. The van der Waals surface area contributed by atoms with E-state index in [2.05, 4.69) is 44.6 Å². The van der Waals surface area contributed by atoms with Gasteiger partial charge in [-0.3, -0.25) is 0 Å². The molecule has 0 amide bonds. The highest BCUT2D eigenvalue weighted by Crippen LogP contribution is 2.05. The van der Waals surface area contributed by atoms with E-state index in [-0.39, 0.29) is 0 Å². The number of rotatable bonds is 7. The Morgan fingerprint density at radius 3 is 2.82 bits per heavy atom. The standard InChI is InChI=1S/C11H22N6/c1-5-9(2)14-11-15-10(8-13-16-11)12-6-7-17(3)4/h8-9H,5-7H2,1-4H3,(H2,12,14,15,16). The zero-order valence-electron chi connectivity index (χ0n) is 11.1. The van der Waals surface area contributed by atoms with Crippen LogP contribution in [0.2, 0.25) is 0 Å². The summed E-state index contributed by atoms with van der Waals surface area (Å²) >= 11 is 0. The predicted molar refractivity (Wildman–Crippen MR) is 70.2 cm³/mol. The Morgan fingerprint density at radius 1 is 1.41 bits per heavy atom. The molecule has 0 saturated carbocycles. The first kappa shape index (κ1) is 13.6. The number of likely N-dealkylation sites (N-methyl/N-ethyl adjacent to an activating group) is 1. The number of anilines is 2. The Labute approximate surface area is 103 Å². The van der Waals surface area contributed by atoms with Crippen LogP contribution < -0.4 is 10.6 Å². The van der Waals surface area contributed by atoms with Crippen LogP contribution in [0.1, 0.15) is 20.3 Å². The number of nitrogens with one attached hydrogen (secondary N) is 2. The molecule has 0 saturated heterocycles. The maximum Gasteiger partial charge on any atom is 0.244 e. The van der Waals surface area contributed by atoms with E-state index < -0.39 is 0 Å². The second kappa shape index (κ2) is 7.01. The minimum atomic E-state index is 0.355. The molecule has 1 aromatic heterocycles. The number of nitrogens with zero attached hydrogens (tertiary/aromatic N) is 4. The molecule has 1 heterocycles. The molecule has 1 unspecified atom stereocenters. The van der Waals surface area contributed by atoms with Crippen molar-refractivity contribution in [2.75, 3.05) is 37.8 Å². The van der Waals surface area contributed by atoms with Gasteiger partial charge in [-0.05, 0) is 27.4 Å². The van der Waals surface area contributed by atoms with E-state index in [9.17, 15) is 0 Å². The monoisotopic (exact) mass is 238 g/mol. The summed E-state index contributed by atoms with van der Waals surface area (Å²) in [4.78, 5) is 6.45. The van der Waals surface area contributed by atoms with Gasteiger partial charge in [0.05, 0.1) is 6.20 Å². The summed E-state index contributed by atoms with van der Waals surface area (Å²) < 4.78 is 0. The van der Waals surface area contributed by atoms with Crippen LogP contribution in [0.25, 0.3) is 0 Å². The Bertz CT molecular complexity index is 327. The van der Waals surface area contributed by atoms with E-state index in [1.807, 2.05) is 14.1 Å². The lowest BCUT2D eigenvalue weighted by Crippen LogP contribution is -2.22. The van der Waals surface area contributed by atoms with Gasteiger partial charge in [0.25, 0.3) is 0 Å². The number of hydrogen-bond donors (Lipinski definition) is 2. The van der Waals surface area contributed by atoms with Gasteiger partial charge in [0.15, 0.2) is 5.82 Å². The minimum Gasteiger partial charge on any atom is -0.367 e. The molecular formula is C11H22N6. The van der Waals surface area contributed by atoms with Crippen molar-refractivity contribution in [3.8, 4) is 0 Å². The average Bonchev–Trinajstić information content (AvgIpc) is 2.29. The summed E-state index contributed by atoms with van der Waals surface area (Å²) in [5.74, 6) is 1.34. The molecule has 0 aromatic carbocycles. The van der Waals surface area contributed by atoms with Gasteiger partial charge in [0, 0.05) is 19.1 Å². The SMILES string of the molecule is CCC(C)Nc1nncc(NCCN(C)C)n1. The van der Waals surface area contributed by atoms with Crippen LogP contribution in [0.5, 0.6) is 0 Å². The van der Waals surface area contributed by atoms with E-state index >= 15 is 0 Å². The second-order valence-electron chi connectivity index (χ2n) is 4.35. The summed E-state index contributed by atoms with van der Waals surface area (Å²) in [6.45, 7) is 6.01. The van der Waals surface area contributed by atoms with E-state index in [0.29, 0.717) is 12.0 Å². The van der Waals surface area contributed by atoms with Crippen LogP contribution in [0.4, 0.5) is 11.8 Å². The molecule has 0 bridgehead atoms. The Kier molecular flexibility index (Phi) is 5.62. The van der Waals surface area contributed by atoms with Crippen molar-refractivity contribution in [2.45, 2.75) is 26.3 Å². The van der Waals surface area contributed by atoms with Crippen molar-refractivity contribution in [3.63, 3.8) is 0 Å². The van der Waals surface area contributed by atoms with Crippen LogP contribution >= 0.6 is 0 Å². The van der Waals surface area contributed by atoms with Gasteiger partial charge < -0.3 is 15.5 Å². The fourth-order valence-electron chi connectivity index (χ4n) is 1.18. The molecule has 0 radical (unpaired) electrons. The van der Waals surface area contributed by atoms with Crippen molar-refractivity contribution < 1.29 is 0 Å². The van der Waals surface area contributed by atoms with Gasteiger partial charge >= 0.3 is 0 Å². The highest BCUT2D eigenvalue weighted by molar-refractivity contribution is 5.37. The quantitative estimate of drug-likeness (QED) is 0.740. The molecule has 2 N–H and O–H groups in total. The van der Waals surface area contributed by atoms with E-state index in [4.69, 9.17) is 0 Å². The zero-order valence-corrected chi connectivity index (χ0v) is 11.1. The van der Waals surface area contributed by atoms with Crippen LogP contribution in [-0.4, -0.2) is 53.3 Å². The highest BCUT2D eigenvalue weighted by Gasteiger charge is 2.03. The third-order valence-electron chi connectivity index (χ3n) is 2.41. The number of aromatic nitrogens is 3. The van der Waals surface area contributed by atoms with Crippen LogP contribution in [0, 0.1) is 0 Å². The molecule has 1 rings (SSSR count). The largest absolute Gasteiger partial charge is 0.367 e. The Morgan fingerprint density at radius 2 is 2.18 bits per heavy atom. The first-order valence-electron chi connectivity index (χ1n) is 5.96. The van der Waals surface area contributed by atoms with Gasteiger partial charge in [-0.1, -0.05) is 6.92 Å². The van der Waals surface area contributed by atoms with Crippen LogP contribution in [-0.2, 0) is 0 Å².